The Labute approximate surface area is 180 Å². The molecule has 0 N–H and O–H groups in total. The van der Waals surface area contributed by atoms with Gasteiger partial charge < -0.3 is 1.43 Å². The monoisotopic (exact) mass is 324 g/mol. The van der Waals surface area contributed by atoms with Gasteiger partial charge in [-0.1, -0.05) is 55.4 Å². The molecule has 0 fully saturated rings. The summed E-state index contributed by atoms with van der Waals surface area (Å²) >= 11 is 0. The third-order valence-corrected chi connectivity index (χ3v) is 4.10. The van der Waals surface area contributed by atoms with Crippen molar-refractivity contribution in [1.29, 1.82) is 0 Å². The first-order valence-corrected chi connectivity index (χ1v) is 7.72. The van der Waals surface area contributed by atoms with Gasteiger partial charge in [-0.15, -0.1) is 0 Å². The summed E-state index contributed by atoms with van der Waals surface area (Å²) in [5.41, 5.74) is 5.48. The molecule has 0 radical (unpaired) electrons. The van der Waals surface area contributed by atoms with Gasteiger partial charge in [-0.25, -0.2) is 0 Å². The van der Waals surface area contributed by atoms with Crippen LogP contribution in [0, 0.1) is 5.41 Å². The molecule has 0 heterocycles. The van der Waals surface area contributed by atoms with E-state index in [-0.39, 0.29) is 58.2 Å². The van der Waals surface area contributed by atoms with E-state index in [9.17, 15) is 4.79 Å². The predicted molar refractivity (Wildman–Crippen MR) is 93.3 cm³/mol. The van der Waals surface area contributed by atoms with Crippen molar-refractivity contribution in [2.75, 3.05) is 0 Å². The summed E-state index contributed by atoms with van der Waals surface area (Å²) in [4.78, 5) is 10.3. The van der Waals surface area contributed by atoms with E-state index in [1.807, 2.05) is 19.1 Å². The van der Waals surface area contributed by atoms with Gasteiger partial charge in [0.25, 0.3) is 0 Å². The first-order valence-electron chi connectivity index (χ1n) is 7.72. The molecule has 1 rings (SSSR count). The average Bonchev–Trinajstić information content (AvgIpc) is 2.37. The number of aldehydes is 1. The molecule has 0 saturated carbocycles. The van der Waals surface area contributed by atoms with Crippen LogP contribution in [-0.2, 0) is 4.79 Å². The second kappa shape index (κ2) is 10.7. The smallest absolute Gasteiger partial charge is 1.00 e. The molecule has 1 aliphatic rings. The Morgan fingerprint density at radius 1 is 1.14 bits per heavy atom. The molecule has 2 heteroatoms. The Morgan fingerprint density at radius 2 is 1.77 bits per heavy atom. The molecule has 0 atom stereocenters. The molecule has 1 aliphatic carbocycles. The summed E-state index contributed by atoms with van der Waals surface area (Å²) in [5, 5.41) is 0. The van der Waals surface area contributed by atoms with Gasteiger partial charge in [0.05, 0.1) is 0 Å². The van der Waals surface area contributed by atoms with Gasteiger partial charge in [0.15, 0.2) is 0 Å². The molecule has 22 heavy (non-hydrogen) atoms. The van der Waals surface area contributed by atoms with Crippen LogP contribution in [-0.4, -0.2) is 6.29 Å². The van der Waals surface area contributed by atoms with Gasteiger partial charge in [-0.05, 0) is 62.7 Å². The van der Waals surface area contributed by atoms with Crippen molar-refractivity contribution >= 4 is 6.29 Å². The second-order valence-corrected chi connectivity index (χ2v) is 6.58. The summed E-state index contributed by atoms with van der Waals surface area (Å²) in [5.74, 6) is 0. The van der Waals surface area contributed by atoms with Crippen molar-refractivity contribution < 1.29 is 57.6 Å². The quantitative estimate of drug-likeness (QED) is 0.329. The summed E-state index contributed by atoms with van der Waals surface area (Å²) in [6.07, 6.45) is 16.6. The zero-order valence-corrected chi connectivity index (χ0v) is 18.2. The van der Waals surface area contributed by atoms with Gasteiger partial charge in [-0.3, -0.25) is 4.79 Å². The number of carbonyl (C=O) groups is 1. The number of rotatable bonds is 5. The Bertz CT molecular complexity index is 534. The molecule has 116 valence electrons. The zero-order valence-electron chi connectivity index (χ0n) is 16.1. The fourth-order valence-corrected chi connectivity index (χ4v) is 2.80. The van der Waals surface area contributed by atoms with Crippen LogP contribution in [0.15, 0.2) is 58.7 Å². The maximum absolute atomic E-state index is 10.3. The van der Waals surface area contributed by atoms with Crippen molar-refractivity contribution in [2.45, 2.75) is 53.9 Å². The van der Waals surface area contributed by atoms with Crippen molar-refractivity contribution in [3.8, 4) is 0 Å². The predicted octanol–water partition coefficient (Wildman–Crippen LogP) is 2.83. The van der Waals surface area contributed by atoms with E-state index in [1.165, 1.54) is 36.0 Å². The van der Waals surface area contributed by atoms with E-state index in [4.69, 9.17) is 0 Å². The van der Waals surface area contributed by atoms with Crippen molar-refractivity contribution in [1.82, 2.24) is 0 Å². The van der Waals surface area contributed by atoms with Gasteiger partial charge in [0, 0.05) is 0 Å². The van der Waals surface area contributed by atoms with Crippen LogP contribution in [0.1, 0.15) is 55.3 Å². The summed E-state index contributed by atoms with van der Waals surface area (Å²) in [6, 6.07) is 0. The first kappa shape index (κ1) is 22.0. The van der Waals surface area contributed by atoms with E-state index in [0.29, 0.717) is 0 Å². The molecule has 0 aromatic rings. The minimum atomic E-state index is 0. The van der Waals surface area contributed by atoms with E-state index >= 15 is 0 Å². The van der Waals surface area contributed by atoms with Crippen LogP contribution in [0.4, 0.5) is 0 Å². The molecular formula is C20H29KO. The minimum absolute atomic E-state index is 0. The summed E-state index contributed by atoms with van der Waals surface area (Å²) < 4.78 is 0. The van der Waals surface area contributed by atoms with E-state index < -0.39 is 0 Å². The number of carbonyl (C=O) groups excluding carboxylic acids is 1. The Hall–Kier alpha value is 0.00636. The Morgan fingerprint density at radius 3 is 2.36 bits per heavy atom. The zero-order chi connectivity index (χ0) is 15.9. The van der Waals surface area contributed by atoms with Crippen LogP contribution >= 0.6 is 0 Å². The first-order chi connectivity index (χ1) is 9.86. The van der Waals surface area contributed by atoms with Crippen molar-refractivity contribution in [2.24, 2.45) is 5.41 Å². The maximum Gasteiger partial charge on any atom is 1.00 e. The molecular weight excluding hydrogens is 295 g/mol. The van der Waals surface area contributed by atoms with E-state index in [1.54, 1.807) is 6.08 Å². The third-order valence-electron chi connectivity index (χ3n) is 4.10. The molecule has 0 aliphatic heterocycles. The van der Waals surface area contributed by atoms with Crippen LogP contribution in [0.2, 0.25) is 0 Å². The maximum atomic E-state index is 10.3. The molecule has 0 spiro atoms. The molecule has 0 bridgehead atoms. The molecule has 0 saturated heterocycles. The summed E-state index contributed by atoms with van der Waals surface area (Å²) in [6.45, 7) is 10.9. The standard InChI is InChI=1S/C20H28O.K.H/c1-16(8-6-9-17(2)13-15-21)11-12-19-18(3)10-7-14-20(19,4)5;;/h6,8-9,11-13,15H,7,10,14H2,1-5H3;;/q;+1;-1/b9-6+,12-11+,16-8+,17-13+;;. The van der Waals surface area contributed by atoms with Crippen LogP contribution in [0.3, 0.4) is 0 Å². The van der Waals surface area contributed by atoms with Crippen LogP contribution in [0.5, 0.6) is 0 Å². The number of hydrogen-bond acceptors (Lipinski definition) is 1. The Kier molecular flexibility index (Phi) is 10.7. The largest absolute Gasteiger partial charge is 1.00 e. The summed E-state index contributed by atoms with van der Waals surface area (Å²) in [7, 11) is 0. The third kappa shape index (κ3) is 7.52. The Balaban J connectivity index is 0. The second-order valence-electron chi connectivity index (χ2n) is 6.58. The van der Waals surface area contributed by atoms with Crippen molar-refractivity contribution in [3.63, 3.8) is 0 Å². The molecule has 0 unspecified atom stereocenters. The SMILES string of the molecule is CC1=C(/C=C/C(C)=C/C=C/C(C)=C/C=O)C(C)(C)CCC1.[H-].[K+]. The topological polar surface area (TPSA) is 17.1 Å². The molecule has 0 aromatic heterocycles. The van der Waals surface area contributed by atoms with Crippen molar-refractivity contribution in [3.05, 3.63) is 58.7 Å². The fourth-order valence-electron chi connectivity index (χ4n) is 2.80. The molecule has 0 aromatic carbocycles. The number of allylic oxidation sites excluding steroid dienone is 10. The van der Waals surface area contributed by atoms with Gasteiger partial charge >= 0.3 is 51.4 Å². The molecule has 0 amide bonds. The normalized spacial score (nSPS) is 19.7. The minimum Gasteiger partial charge on any atom is -1.00 e. The molecule has 1 nitrogen and oxygen atoms in total. The van der Waals surface area contributed by atoms with Crippen LogP contribution < -0.4 is 51.4 Å². The van der Waals surface area contributed by atoms with Gasteiger partial charge in [0.1, 0.15) is 6.29 Å². The van der Waals surface area contributed by atoms with E-state index in [2.05, 4.69) is 45.9 Å². The van der Waals surface area contributed by atoms with E-state index in [0.717, 1.165) is 11.9 Å². The van der Waals surface area contributed by atoms with Gasteiger partial charge in [-0.2, -0.15) is 0 Å². The number of hydrogen-bond donors (Lipinski definition) is 0. The fraction of sp³-hybridized carbons (Fsp3) is 0.450. The average molecular weight is 325 g/mol. The van der Waals surface area contributed by atoms with Gasteiger partial charge in [0.2, 0.25) is 0 Å². The van der Waals surface area contributed by atoms with Crippen LogP contribution in [0.25, 0.3) is 0 Å².